The number of benzene rings is 1. The van der Waals surface area contributed by atoms with Crippen LogP contribution in [0.4, 0.5) is 0 Å². The highest BCUT2D eigenvalue weighted by molar-refractivity contribution is 6.31. The first kappa shape index (κ1) is 15.5. The molecule has 1 aromatic heterocycles. The van der Waals surface area contributed by atoms with Crippen LogP contribution in [0.2, 0.25) is 5.02 Å². The fraction of sp³-hybridized carbons (Fsp3) is 0.400. The zero-order valence-corrected chi connectivity index (χ0v) is 13.9. The molecule has 0 fully saturated rings. The Hall–Kier alpha value is -1.43. The minimum Gasteiger partial charge on any atom is -0.353 e. The Labute approximate surface area is 138 Å². The second-order valence-corrected chi connectivity index (χ2v) is 5.73. The Kier molecular flexibility index (Phi) is 4.47. The fourth-order valence-electron chi connectivity index (χ4n) is 2.50. The molecule has 0 bridgehead atoms. The van der Waals surface area contributed by atoms with Crippen LogP contribution >= 0.6 is 23.2 Å². The zero-order chi connectivity index (χ0) is 15.7. The van der Waals surface area contributed by atoms with Crippen LogP contribution < -0.4 is 0 Å². The van der Waals surface area contributed by atoms with E-state index in [0.29, 0.717) is 23.1 Å². The third kappa shape index (κ3) is 2.64. The van der Waals surface area contributed by atoms with E-state index in [1.54, 1.807) is 11.8 Å². The number of hydrogen-bond acceptors (Lipinski definition) is 4. The molecule has 1 aromatic carbocycles. The number of fused-ring (bicyclic) bond motifs is 3. The second-order valence-electron chi connectivity index (χ2n) is 4.92. The standard InChI is InChI=1S/C15H16Cl2N4O/c1-3-13-19-14-15(22-2)18-11(6-7-16)10-8-9(17)4-5-12(10)21(14)20-13/h4-5,8,15H,3,6-7H2,1-2H3. The van der Waals surface area contributed by atoms with Crippen molar-refractivity contribution in [2.45, 2.75) is 26.0 Å². The van der Waals surface area contributed by atoms with Crippen molar-refractivity contribution >= 4 is 28.9 Å². The van der Waals surface area contributed by atoms with Crippen molar-refractivity contribution in [2.75, 3.05) is 13.0 Å². The molecule has 0 amide bonds. The summed E-state index contributed by atoms with van der Waals surface area (Å²) in [5.74, 6) is 1.90. The molecule has 0 aliphatic carbocycles. The van der Waals surface area contributed by atoms with Crippen LogP contribution in [-0.4, -0.2) is 33.5 Å². The van der Waals surface area contributed by atoms with E-state index in [9.17, 15) is 0 Å². The highest BCUT2D eigenvalue weighted by Gasteiger charge is 2.27. The number of hydrogen-bond donors (Lipinski definition) is 0. The third-order valence-electron chi connectivity index (χ3n) is 3.54. The molecule has 5 nitrogen and oxygen atoms in total. The maximum Gasteiger partial charge on any atom is 0.208 e. The molecule has 3 rings (SSSR count). The largest absolute Gasteiger partial charge is 0.353 e. The molecule has 1 aliphatic heterocycles. The first-order chi connectivity index (χ1) is 10.7. The summed E-state index contributed by atoms with van der Waals surface area (Å²) >= 11 is 12.1. The van der Waals surface area contributed by atoms with E-state index in [1.807, 2.05) is 25.1 Å². The summed E-state index contributed by atoms with van der Waals surface area (Å²) < 4.78 is 7.30. The van der Waals surface area contributed by atoms with E-state index >= 15 is 0 Å². The van der Waals surface area contributed by atoms with Crippen LogP contribution in [0.5, 0.6) is 0 Å². The van der Waals surface area contributed by atoms with Crippen molar-refractivity contribution in [3.63, 3.8) is 0 Å². The Morgan fingerprint density at radius 2 is 2.18 bits per heavy atom. The average molecular weight is 339 g/mol. The molecular weight excluding hydrogens is 323 g/mol. The second kappa shape index (κ2) is 6.36. The first-order valence-corrected chi connectivity index (χ1v) is 8.00. The van der Waals surface area contributed by atoms with Gasteiger partial charge in [0.15, 0.2) is 11.6 Å². The molecule has 1 atom stereocenters. The lowest BCUT2D eigenvalue weighted by Gasteiger charge is -2.09. The summed E-state index contributed by atoms with van der Waals surface area (Å²) in [7, 11) is 1.61. The Bertz CT molecular complexity index is 726. The smallest absolute Gasteiger partial charge is 0.208 e. The fourth-order valence-corrected chi connectivity index (χ4v) is 2.85. The number of alkyl halides is 1. The first-order valence-electron chi connectivity index (χ1n) is 7.09. The maximum absolute atomic E-state index is 6.16. The topological polar surface area (TPSA) is 52.3 Å². The van der Waals surface area contributed by atoms with Gasteiger partial charge >= 0.3 is 0 Å². The van der Waals surface area contributed by atoms with Gasteiger partial charge in [0.25, 0.3) is 0 Å². The van der Waals surface area contributed by atoms with Gasteiger partial charge in [-0.15, -0.1) is 11.6 Å². The Morgan fingerprint density at radius 3 is 2.86 bits per heavy atom. The van der Waals surface area contributed by atoms with Gasteiger partial charge in [-0.1, -0.05) is 18.5 Å². The molecule has 2 heterocycles. The summed E-state index contributed by atoms with van der Waals surface area (Å²) in [6, 6.07) is 5.65. The van der Waals surface area contributed by atoms with Gasteiger partial charge in [-0.2, -0.15) is 5.10 Å². The minimum atomic E-state index is -0.503. The predicted octanol–water partition coefficient (Wildman–Crippen LogP) is 3.56. The van der Waals surface area contributed by atoms with Crippen LogP contribution in [0.25, 0.3) is 5.69 Å². The molecule has 0 saturated heterocycles. The van der Waals surface area contributed by atoms with Crippen LogP contribution in [-0.2, 0) is 11.2 Å². The highest BCUT2D eigenvalue weighted by Crippen LogP contribution is 2.30. The Balaban J connectivity index is 2.26. The summed E-state index contributed by atoms with van der Waals surface area (Å²) in [6.07, 6.45) is 0.870. The van der Waals surface area contributed by atoms with Gasteiger partial charge in [-0.3, -0.25) is 0 Å². The van der Waals surface area contributed by atoms with Crippen molar-refractivity contribution in [1.82, 2.24) is 14.8 Å². The molecule has 1 unspecified atom stereocenters. The lowest BCUT2D eigenvalue weighted by Crippen LogP contribution is -2.08. The van der Waals surface area contributed by atoms with Crippen molar-refractivity contribution in [2.24, 2.45) is 4.99 Å². The number of aliphatic imine (C=N–C) groups is 1. The highest BCUT2D eigenvalue weighted by atomic mass is 35.5. The number of rotatable bonds is 4. The number of methoxy groups -OCH3 is 1. The normalized spacial score (nSPS) is 16.7. The van der Waals surface area contributed by atoms with Gasteiger partial charge in [0.1, 0.15) is 0 Å². The molecule has 7 heteroatoms. The molecule has 0 spiro atoms. The lowest BCUT2D eigenvalue weighted by atomic mass is 10.1. The third-order valence-corrected chi connectivity index (χ3v) is 3.96. The number of nitrogens with zero attached hydrogens (tertiary/aromatic N) is 4. The van der Waals surface area contributed by atoms with E-state index in [-0.39, 0.29) is 0 Å². The van der Waals surface area contributed by atoms with E-state index in [1.165, 1.54) is 0 Å². The molecule has 116 valence electrons. The number of ether oxygens (including phenoxy) is 1. The van der Waals surface area contributed by atoms with Gasteiger partial charge in [0.2, 0.25) is 6.23 Å². The summed E-state index contributed by atoms with van der Waals surface area (Å²) in [5.41, 5.74) is 2.67. The molecule has 0 saturated carbocycles. The maximum atomic E-state index is 6.16. The van der Waals surface area contributed by atoms with E-state index in [0.717, 1.165) is 29.2 Å². The predicted molar refractivity (Wildman–Crippen MR) is 87.4 cm³/mol. The molecule has 22 heavy (non-hydrogen) atoms. The van der Waals surface area contributed by atoms with Crippen molar-refractivity contribution < 1.29 is 4.74 Å². The van der Waals surface area contributed by atoms with Crippen molar-refractivity contribution in [3.8, 4) is 5.69 Å². The van der Waals surface area contributed by atoms with Gasteiger partial charge in [-0.25, -0.2) is 14.7 Å². The molecular formula is C15H16Cl2N4O. The van der Waals surface area contributed by atoms with E-state index in [2.05, 4.69) is 15.1 Å². The average Bonchev–Trinajstić information content (AvgIpc) is 2.91. The lowest BCUT2D eigenvalue weighted by molar-refractivity contribution is 0.102. The van der Waals surface area contributed by atoms with Crippen LogP contribution in [0.15, 0.2) is 23.2 Å². The molecule has 0 radical (unpaired) electrons. The summed E-state index contributed by atoms with van der Waals surface area (Å²) in [5, 5.41) is 5.22. The number of halogens is 2. The van der Waals surface area contributed by atoms with Crippen molar-refractivity contribution in [1.29, 1.82) is 0 Å². The summed E-state index contributed by atoms with van der Waals surface area (Å²) in [6.45, 7) is 2.02. The van der Waals surface area contributed by atoms with Gasteiger partial charge in [0.05, 0.1) is 5.69 Å². The van der Waals surface area contributed by atoms with Gasteiger partial charge in [-0.05, 0) is 18.2 Å². The van der Waals surface area contributed by atoms with Crippen LogP contribution in [0, 0.1) is 0 Å². The quantitative estimate of drug-likeness (QED) is 0.801. The molecule has 1 aliphatic rings. The monoisotopic (exact) mass is 338 g/mol. The van der Waals surface area contributed by atoms with Crippen LogP contribution in [0.1, 0.15) is 36.8 Å². The molecule has 2 aromatic rings. The minimum absolute atomic E-state index is 0.469. The Morgan fingerprint density at radius 1 is 1.36 bits per heavy atom. The number of aromatic nitrogens is 3. The van der Waals surface area contributed by atoms with Crippen LogP contribution in [0.3, 0.4) is 0 Å². The zero-order valence-electron chi connectivity index (χ0n) is 12.4. The van der Waals surface area contributed by atoms with E-state index < -0.39 is 6.23 Å². The number of aryl methyl sites for hydroxylation is 1. The van der Waals surface area contributed by atoms with E-state index in [4.69, 9.17) is 27.9 Å². The summed E-state index contributed by atoms with van der Waals surface area (Å²) in [4.78, 5) is 9.23. The van der Waals surface area contributed by atoms with Gasteiger partial charge < -0.3 is 4.74 Å². The molecule has 0 N–H and O–H groups in total. The van der Waals surface area contributed by atoms with Crippen molar-refractivity contribution in [3.05, 3.63) is 40.4 Å². The van der Waals surface area contributed by atoms with Gasteiger partial charge in [0, 0.05) is 42.1 Å². The SMILES string of the molecule is CCc1nc2n(n1)-c1ccc(Cl)cc1C(CCCl)=NC2OC.